The van der Waals surface area contributed by atoms with Gasteiger partial charge in [-0.2, -0.15) is 0 Å². The molecule has 4 aromatic rings. The molecule has 0 fully saturated rings. The third-order valence-corrected chi connectivity index (χ3v) is 5.57. The largest absolute Gasteiger partial charge is 0.508 e. The third-order valence-electron chi connectivity index (χ3n) is 5.57. The van der Waals surface area contributed by atoms with Gasteiger partial charge < -0.3 is 15.7 Å². The molecule has 0 radical (unpaired) electrons. The fourth-order valence-electron chi connectivity index (χ4n) is 4.14. The van der Waals surface area contributed by atoms with Crippen LogP contribution in [0.25, 0.3) is 10.8 Å². The predicted molar refractivity (Wildman–Crippen MR) is 130 cm³/mol. The smallest absolute Gasteiger partial charge is 0.251 e. The van der Waals surface area contributed by atoms with Gasteiger partial charge in [-0.15, -0.1) is 0 Å². The molecule has 1 unspecified atom stereocenters. The highest BCUT2D eigenvalue weighted by Crippen LogP contribution is 2.35. The van der Waals surface area contributed by atoms with Crippen molar-refractivity contribution >= 4 is 22.6 Å². The number of benzene rings is 4. The minimum atomic E-state index is -0.581. The third kappa shape index (κ3) is 5.04. The van der Waals surface area contributed by atoms with Crippen molar-refractivity contribution in [3.63, 3.8) is 0 Å². The average Bonchev–Trinajstić information content (AvgIpc) is 2.81. The predicted octanol–water partition coefficient (Wildman–Crippen LogP) is 4.80. The monoisotopic (exact) mass is 438 g/mol. The number of carbonyl (C=O) groups is 2. The molecule has 0 saturated carbocycles. The van der Waals surface area contributed by atoms with Crippen LogP contribution in [0.4, 0.5) is 0 Å². The molecule has 166 valence electrons. The first kappa shape index (κ1) is 22.1. The Labute approximate surface area is 193 Å². The summed E-state index contributed by atoms with van der Waals surface area (Å²) in [5.41, 5.74) is 3.94. The van der Waals surface area contributed by atoms with E-state index in [4.69, 9.17) is 0 Å². The van der Waals surface area contributed by atoms with Crippen LogP contribution >= 0.6 is 0 Å². The summed E-state index contributed by atoms with van der Waals surface area (Å²) in [5.74, 6) is -0.558. The number of aromatic hydroxyl groups is 1. The van der Waals surface area contributed by atoms with Crippen LogP contribution in [0.15, 0.2) is 84.9 Å². The Kier molecular flexibility index (Phi) is 6.41. The minimum Gasteiger partial charge on any atom is -0.508 e. The minimum absolute atomic E-state index is 0.0992. The number of phenolic OH excluding ortho intramolecular Hbond substituents is 1. The zero-order valence-electron chi connectivity index (χ0n) is 18.6. The highest BCUT2D eigenvalue weighted by molar-refractivity contribution is 5.97. The number of carbonyl (C=O) groups excluding carboxylic acids is 2. The van der Waals surface area contributed by atoms with Crippen molar-refractivity contribution in [1.82, 2.24) is 10.6 Å². The summed E-state index contributed by atoms with van der Waals surface area (Å²) >= 11 is 0. The summed E-state index contributed by atoms with van der Waals surface area (Å²) in [4.78, 5) is 25.5. The quantitative estimate of drug-likeness (QED) is 0.405. The van der Waals surface area contributed by atoms with Crippen LogP contribution in [0.3, 0.4) is 0 Å². The van der Waals surface area contributed by atoms with Gasteiger partial charge in [-0.05, 0) is 48.4 Å². The molecule has 0 bridgehead atoms. The second-order valence-corrected chi connectivity index (χ2v) is 8.19. The van der Waals surface area contributed by atoms with Crippen LogP contribution in [0, 0.1) is 13.8 Å². The lowest BCUT2D eigenvalue weighted by Crippen LogP contribution is -2.39. The number of hydrogen-bond donors (Lipinski definition) is 3. The van der Waals surface area contributed by atoms with Crippen LogP contribution in [0.1, 0.15) is 38.7 Å². The molecule has 5 heteroatoms. The van der Waals surface area contributed by atoms with E-state index in [0.29, 0.717) is 11.1 Å². The number of phenols is 1. The Bertz CT molecular complexity index is 1300. The Morgan fingerprint density at radius 1 is 0.848 bits per heavy atom. The molecule has 1 atom stereocenters. The van der Waals surface area contributed by atoms with E-state index in [1.54, 1.807) is 18.2 Å². The first-order valence-electron chi connectivity index (χ1n) is 10.8. The highest BCUT2D eigenvalue weighted by atomic mass is 16.3. The van der Waals surface area contributed by atoms with Gasteiger partial charge in [0.2, 0.25) is 5.91 Å². The van der Waals surface area contributed by atoms with Crippen LogP contribution in [0.5, 0.6) is 5.75 Å². The van der Waals surface area contributed by atoms with Crippen molar-refractivity contribution in [2.24, 2.45) is 0 Å². The van der Waals surface area contributed by atoms with Gasteiger partial charge in [0.25, 0.3) is 5.91 Å². The van der Waals surface area contributed by atoms with Gasteiger partial charge in [0.15, 0.2) is 0 Å². The first-order chi connectivity index (χ1) is 15.9. The molecule has 0 aliphatic heterocycles. The van der Waals surface area contributed by atoms with Crippen molar-refractivity contribution in [3.05, 3.63) is 113 Å². The maximum Gasteiger partial charge on any atom is 0.251 e. The van der Waals surface area contributed by atoms with Crippen molar-refractivity contribution in [3.8, 4) is 5.75 Å². The molecule has 5 nitrogen and oxygen atoms in total. The van der Waals surface area contributed by atoms with Gasteiger partial charge >= 0.3 is 0 Å². The summed E-state index contributed by atoms with van der Waals surface area (Å²) < 4.78 is 0. The van der Waals surface area contributed by atoms with Gasteiger partial charge in [-0.25, -0.2) is 0 Å². The van der Waals surface area contributed by atoms with E-state index in [1.807, 2.05) is 80.6 Å². The summed E-state index contributed by atoms with van der Waals surface area (Å²) in [7, 11) is 0. The van der Waals surface area contributed by atoms with E-state index >= 15 is 0 Å². The Morgan fingerprint density at radius 2 is 1.52 bits per heavy atom. The second-order valence-electron chi connectivity index (χ2n) is 8.19. The van der Waals surface area contributed by atoms with Gasteiger partial charge in [-0.1, -0.05) is 77.9 Å². The van der Waals surface area contributed by atoms with Crippen molar-refractivity contribution in [2.45, 2.75) is 19.9 Å². The van der Waals surface area contributed by atoms with Crippen molar-refractivity contribution < 1.29 is 14.7 Å². The SMILES string of the molecule is Cc1cc(C)cc(C(=O)NCC(=O)NC(c2ccccc2)c2c(O)ccc3ccccc23)c1. The summed E-state index contributed by atoms with van der Waals surface area (Å²) in [6, 6.07) is 25.7. The highest BCUT2D eigenvalue weighted by Gasteiger charge is 2.22. The molecule has 0 spiro atoms. The van der Waals surface area contributed by atoms with Crippen LogP contribution < -0.4 is 10.6 Å². The molecular weight excluding hydrogens is 412 g/mol. The molecule has 33 heavy (non-hydrogen) atoms. The fourth-order valence-corrected chi connectivity index (χ4v) is 4.14. The Morgan fingerprint density at radius 3 is 2.24 bits per heavy atom. The molecule has 4 rings (SSSR count). The number of hydrogen-bond acceptors (Lipinski definition) is 3. The molecule has 2 amide bonds. The molecule has 0 heterocycles. The Balaban J connectivity index is 1.59. The number of amides is 2. The molecule has 0 saturated heterocycles. The van der Waals surface area contributed by atoms with E-state index in [2.05, 4.69) is 10.6 Å². The first-order valence-corrected chi connectivity index (χ1v) is 10.8. The van der Waals surface area contributed by atoms with Crippen LogP contribution in [0.2, 0.25) is 0 Å². The summed E-state index contributed by atoms with van der Waals surface area (Å²) in [5, 5.41) is 18.3. The second kappa shape index (κ2) is 9.57. The van der Waals surface area contributed by atoms with Crippen molar-refractivity contribution in [1.29, 1.82) is 0 Å². The van der Waals surface area contributed by atoms with E-state index in [-0.39, 0.29) is 24.1 Å². The lowest BCUT2D eigenvalue weighted by atomic mass is 9.92. The van der Waals surface area contributed by atoms with Crippen LogP contribution in [-0.2, 0) is 4.79 Å². The zero-order chi connectivity index (χ0) is 23.4. The fraction of sp³-hybridized carbons (Fsp3) is 0.143. The van der Waals surface area contributed by atoms with Gasteiger partial charge in [-0.3, -0.25) is 9.59 Å². The molecule has 0 aliphatic rings. The molecule has 3 N–H and O–H groups in total. The molecule has 0 aromatic heterocycles. The lowest BCUT2D eigenvalue weighted by Gasteiger charge is -2.23. The summed E-state index contributed by atoms with van der Waals surface area (Å²) in [6.07, 6.45) is 0. The lowest BCUT2D eigenvalue weighted by molar-refractivity contribution is -0.120. The molecular formula is C28H26N2O3. The standard InChI is InChI=1S/C28H26N2O3/c1-18-14-19(2)16-22(15-18)28(33)29-17-25(32)30-27(21-9-4-3-5-10-21)26-23-11-7-6-8-20(23)12-13-24(26)31/h3-16,27,31H,17H2,1-2H3,(H,29,33)(H,30,32). The number of rotatable bonds is 6. The number of fused-ring (bicyclic) bond motifs is 1. The number of aryl methyl sites for hydroxylation is 2. The summed E-state index contributed by atoms with van der Waals surface area (Å²) in [6.45, 7) is 3.68. The maximum absolute atomic E-state index is 12.9. The van der Waals surface area contributed by atoms with Crippen molar-refractivity contribution in [2.75, 3.05) is 6.54 Å². The van der Waals surface area contributed by atoms with Gasteiger partial charge in [0, 0.05) is 11.1 Å². The topological polar surface area (TPSA) is 78.4 Å². The van der Waals surface area contributed by atoms with Gasteiger partial charge in [0.1, 0.15) is 5.75 Å². The molecule has 4 aromatic carbocycles. The van der Waals surface area contributed by atoms with E-state index < -0.39 is 6.04 Å². The maximum atomic E-state index is 12.9. The average molecular weight is 439 g/mol. The molecule has 0 aliphatic carbocycles. The van der Waals surface area contributed by atoms with Gasteiger partial charge in [0.05, 0.1) is 12.6 Å². The zero-order valence-corrected chi connectivity index (χ0v) is 18.6. The van der Waals surface area contributed by atoms with E-state index in [0.717, 1.165) is 27.5 Å². The normalized spacial score (nSPS) is 11.7. The van der Waals surface area contributed by atoms with Crippen LogP contribution in [-0.4, -0.2) is 23.5 Å². The van der Waals surface area contributed by atoms with E-state index in [9.17, 15) is 14.7 Å². The van der Waals surface area contributed by atoms with E-state index in [1.165, 1.54) is 0 Å². The number of nitrogens with one attached hydrogen (secondary N) is 2. The Hall–Kier alpha value is -4.12.